The van der Waals surface area contributed by atoms with E-state index < -0.39 is 6.10 Å². The van der Waals surface area contributed by atoms with Crippen LogP contribution in [-0.4, -0.2) is 49.7 Å². The van der Waals surface area contributed by atoms with Crippen molar-refractivity contribution in [1.82, 2.24) is 10.2 Å². The van der Waals surface area contributed by atoms with Crippen molar-refractivity contribution in [2.24, 2.45) is 0 Å². The average molecular weight is 278 g/mol. The second-order valence-electron chi connectivity index (χ2n) is 4.72. The lowest BCUT2D eigenvalue weighted by Crippen LogP contribution is -2.50. The Kier molecular flexibility index (Phi) is 5.24. The number of nitrogens with one attached hydrogen (secondary N) is 1. The van der Waals surface area contributed by atoms with Gasteiger partial charge in [-0.2, -0.15) is 0 Å². The molecule has 1 amide bonds. The van der Waals surface area contributed by atoms with E-state index in [-0.39, 0.29) is 5.91 Å². The molecule has 1 aromatic carbocycles. The van der Waals surface area contributed by atoms with Crippen LogP contribution < -0.4 is 14.8 Å². The van der Waals surface area contributed by atoms with Crippen LogP contribution in [0.15, 0.2) is 24.3 Å². The summed E-state index contributed by atoms with van der Waals surface area (Å²) in [5.41, 5.74) is 0. The van der Waals surface area contributed by atoms with Gasteiger partial charge in [0, 0.05) is 26.2 Å². The number of piperazine rings is 1. The molecule has 0 saturated carbocycles. The highest BCUT2D eigenvalue weighted by Crippen LogP contribution is 2.27. The van der Waals surface area contributed by atoms with Gasteiger partial charge in [0.1, 0.15) is 0 Å². The number of carbonyl (C=O) groups excluding carboxylic acids is 1. The molecule has 0 bridgehead atoms. The van der Waals surface area contributed by atoms with Crippen LogP contribution in [0.2, 0.25) is 0 Å². The Labute approximate surface area is 119 Å². The van der Waals surface area contributed by atoms with Gasteiger partial charge < -0.3 is 19.7 Å². The fourth-order valence-corrected chi connectivity index (χ4v) is 2.21. The highest BCUT2D eigenvalue weighted by molar-refractivity contribution is 5.81. The summed E-state index contributed by atoms with van der Waals surface area (Å²) in [6.45, 7) is 7.43. The average Bonchev–Trinajstić information content (AvgIpc) is 2.49. The third kappa shape index (κ3) is 3.63. The van der Waals surface area contributed by atoms with Crippen molar-refractivity contribution >= 4 is 5.91 Å². The number of carbonyl (C=O) groups is 1. The van der Waals surface area contributed by atoms with E-state index in [1.165, 1.54) is 0 Å². The van der Waals surface area contributed by atoms with E-state index in [0.29, 0.717) is 18.1 Å². The number of hydrogen-bond acceptors (Lipinski definition) is 4. The third-order valence-electron chi connectivity index (χ3n) is 3.23. The first-order chi connectivity index (χ1) is 9.72. The molecule has 1 aliphatic rings. The molecule has 1 aromatic rings. The summed E-state index contributed by atoms with van der Waals surface area (Å²) < 4.78 is 11.3. The second-order valence-corrected chi connectivity index (χ2v) is 4.72. The first-order valence-corrected chi connectivity index (χ1v) is 7.10. The van der Waals surface area contributed by atoms with Crippen molar-refractivity contribution in [2.45, 2.75) is 20.0 Å². The van der Waals surface area contributed by atoms with Crippen LogP contribution >= 0.6 is 0 Å². The molecule has 1 unspecified atom stereocenters. The molecule has 0 aliphatic carbocycles. The minimum absolute atomic E-state index is 0.0257. The van der Waals surface area contributed by atoms with Crippen LogP contribution in [0.4, 0.5) is 0 Å². The second kappa shape index (κ2) is 7.14. The zero-order valence-electron chi connectivity index (χ0n) is 12.1. The molecule has 1 aliphatic heterocycles. The molecule has 1 atom stereocenters. The van der Waals surface area contributed by atoms with Crippen LogP contribution in [0, 0.1) is 0 Å². The predicted octanol–water partition coefficient (Wildman–Crippen LogP) is 1.28. The Morgan fingerprint density at radius 2 is 1.95 bits per heavy atom. The SMILES string of the molecule is CCOc1ccccc1OC(C)C(=O)N1CCNCC1. The van der Waals surface area contributed by atoms with E-state index >= 15 is 0 Å². The van der Waals surface area contributed by atoms with E-state index in [9.17, 15) is 4.79 Å². The predicted molar refractivity (Wildman–Crippen MR) is 77.2 cm³/mol. The van der Waals surface area contributed by atoms with Crippen molar-refractivity contribution in [3.05, 3.63) is 24.3 Å². The number of ether oxygens (including phenoxy) is 2. The maximum Gasteiger partial charge on any atom is 0.263 e. The zero-order chi connectivity index (χ0) is 14.4. The van der Waals surface area contributed by atoms with Crippen molar-refractivity contribution in [2.75, 3.05) is 32.8 Å². The first-order valence-electron chi connectivity index (χ1n) is 7.10. The molecular formula is C15H22N2O3. The Bertz CT molecular complexity index is 444. The lowest BCUT2D eigenvalue weighted by Gasteiger charge is -2.30. The van der Waals surface area contributed by atoms with Gasteiger partial charge >= 0.3 is 0 Å². The molecule has 0 radical (unpaired) electrons. The number of hydrogen-bond donors (Lipinski definition) is 1. The van der Waals surface area contributed by atoms with Crippen molar-refractivity contribution in [3.8, 4) is 11.5 Å². The maximum absolute atomic E-state index is 12.3. The van der Waals surface area contributed by atoms with Crippen LogP contribution in [0.3, 0.4) is 0 Å². The standard InChI is InChI=1S/C15H22N2O3/c1-3-19-13-6-4-5-7-14(13)20-12(2)15(18)17-10-8-16-9-11-17/h4-7,12,16H,3,8-11H2,1-2H3. The monoisotopic (exact) mass is 278 g/mol. The van der Waals surface area contributed by atoms with E-state index in [4.69, 9.17) is 9.47 Å². The number of benzene rings is 1. The highest BCUT2D eigenvalue weighted by Gasteiger charge is 2.24. The van der Waals surface area contributed by atoms with Crippen molar-refractivity contribution < 1.29 is 14.3 Å². The van der Waals surface area contributed by atoms with Crippen molar-refractivity contribution in [1.29, 1.82) is 0 Å². The van der Waals surface area contributed by atoms with Gasteiger partial charge in [-0.15, -0.1) is 0 Å². The minimum atomic E-state index is -0.505. The van der Waals surface area contributed by atoms with Crippen molar-refractivity contribution in [3.63, 3.8) is 0 Å². The molecule has 2 rings (SSSR count). The molecule has 110 valence electrons. The fraction of sp³-hybridized carbons (Fsp3) is 0.533. The molecule has 0 spiro atoms. The number of nitrogens with zero attached hydrogens (tertiary/aromatic N) is 1. The molecule has 5 nitrogen and oxygen atoms in total. The van der Waals surface area contributed by atoms with Gasteiger partial charge in [0.25, 0.3) is 5.91 Å². The number of rotatable bonds is 5. The van der Waals surface area contributed by atoms with Gasteiger partial charge in [0.2, 0.25) is 0 Å². The molecule has 1 N–H and O–H groups in total. The van der Waals surface area contributed by atoms with E-state index in [2.05, 4.69) is 5.32 Å². The Morgan fingerprint density at radius 3 is 2.60 bits per heavy atom. The van der Waals surface area contributed by atoms with Crippen LogP contribution in [0.25, 0.3) is 0 Å². The van der Waals surface area contributed by atoms with Gasteiger partial charge in [0.15, 0.2) is 17.6 Å². The quantitative estimate of drug-likeness (QED) is 0.881. The maximum atomic E-state index is 12.3. The topological polar surface area (TPSA) is 50.8 Å². The molecular weight excluding hydrogens is 256 g/mol. The zero-order valence-corrected chi connectivity index (χ0v) is 12.1. The van der Waals surface area contributed by atoms with Gasteiger partial charge in [-0.3, -0.25) is 4.79 Å². The summed E-state index contributed by atoms with van der Waals surface area (Å²) >= 11 is 0. The smallest absolute Gasteiger partial charge is 0.263 e. The van der Waals surface area contributed by atoms with Gasteiger partial charge in [0.05, 0.1) is 6.61 Å². The molecule has 20 heavy (non-hydrogen) atoms. The summed E-state index contributed by atoms with van der Waals surface area (Å²) in [5, 5.41) is 3.23. The summed E-state index contributed by atoms with van der Waals surface area (Å²) in [6.07, 6.45) is -0.505. The summed E-state index contributed by atoms with van der Waals surface area (Å²) in [5.74, 6) is 1.32. The Morgan fingerprint density at radius 1 is 1.30 bits per heavy atom. The minimum Gasteiger partial charge on any atom is -0.490 e. The Balaban J connectivity index is 1.99. The van der Waals surface area contributed by atoms with E-state index in [1.54, 1.807) is 6.92 Å². The van der Waals surface area contributed by atoms with Crippen LogP contribution in [0.5, 0.6) is 11.5 Å². The largest absolute Gasteiger partial charge is 0.490 e. The number of amides is 1. The van der Waals surface area contributed by atoms with Crippen LogP contribution in [-0.2, 0) is 4.79 Å². The lowest BCUT2D eigenvalue weighted by molar-refractivity contribution is -0.138. The van der Waals surface area contributed by atoms with E-state index in [1.807, 2.05) is 36.1 Å². The highest BCUT2D eigenvalue weighted by atomic mass is 16.5. The van der Waals surface area contributed by atoms with Crippen LogP contribution in [0.1, 0.15) is 13.8 Å². The Hall–Kier alpha value is -1.75. The summed E-state index contributed by atoms with van der Waals surface area (Å²) in [6, 6.07) is 7.44. The fourth-order valence-electron chi connectivity index (χ4n) is 2.21. The molecule has 1 fully saturated rings. The van der Waals surface area contributed by atoms with Gasteiger partial charge in [-0.1, -0.05) is 12.1 Å². The third-order valence-corrected chi connectivity index (χ3v) is 3.23. The molecule has 0 aromatic heterocycles. The summed E-state index contributed by atoms with van der Waals surface area (Å²) in [7, 11) is 0. The molecule has 1 saturated heterocycles. The normalized spacial score (nSPS) is 16.6. The summed E-state index contributed by atoms with van der Waals surface area (Å²) in [4.78, 5) is 14.1. The van der Waals surface area contributed by atoms with Gasteiger partial charge in [-0.25, -0.2) is 0 Å². The molecule has 1 heterocycles. The lowest BCUT2D eigenvalue weighted by atomic mass is 10.2. The molecule has 5 heteroatoms. The van der Waals surface area contributed by atoms with E-state index in [0.717, 1.165) is 26.2 Å². The van der Waals surface area contributed by atoms with Gasteiger partial charge in [-0.05, 0) is 26.0 Å². The first kappa shape index (κ1) is 14.7. The number of para-hydroxylation sites is 2.